The minimum atomic E-state index is -1.30. The molecule has 118 valence electrons. The summed E-state index contributed by atoms with van der Waals surface area (Å²) in [6.45, 7) is 5.23. The summed E-state index contributed by atoms with van der Waals surface area (Å²) in [4.78, 5) is 23.8. The Morgan fingerprint density at radius 2 is 2.05 bits per heavy atom. The number of nitrogens with two attached hydrogens (primary N) is 1. The van der Waals surface area contributed by atoms with Crippen molar-refractivity contribution < 1.29 is 14.7 Å². The quantitative estimate of drug-likeness (QED) is 0.541. The Labute approximate surface area is 124 Å². The van der Waals surface area contributed by atoms with E-state index in [0.29, 0.717) is 11.8 Å². The molecule has 3 rings (SSSR count). The number of primary amides is 1. The van der Waals surface area contributed by atoms with Gasteiger partial charge in [-0.3, -0.25) is 9.59 Å². The number of carbonyl (C=O) groups excluding carboxylic acids is 2. The van der Waals surface area contributed by atoms with Crippen LogP contribution in [-0.2, 0) is 9.59 Å². The summed E-state index contributed by atoms with van der Waals surface area (Å²) in [5.41, 5.74) is 5.42. The monoisotopic (exact) mass is 295 g/mol. The first-order valence-electron chi connectivity index (χ1n) is 7.85. The van der Waals surface area contributed by atoms with Gasteiger partial charge in [0.2, 0.25) is 11.8 Å². The van der Waals surface area contributed by atoms with Crippen LogP contribution in [0, 0.1) is 23.2 Å². The molecule has 0 radical (unpaired) electrons. The third-order valence-corrected chi connectivity index (χ3v) is 5.94. The zero-order valence-electron chi connectivity index (χ0n) is 12.6. The molecule has 5 N–H and O–H groups in total. The Bertz CT molecular complexity index is 461. The molecular formula is C15H25N3O3. The van der Waals surface area contributed by atoms with Crippen molar-refractivity contribution >= 4 is 11.8 Å². The molecule has 3 fully saturated rings. The first-order chi connectivity index (χ1) is 9.84. The van der Waals surface area contributed by atoms with Crippen LogP contribution >= 0.6 is 0 Å². The van der Waals surface area contributed by atoms with Gasteiger partial charge in [0.1, 0.15) is 0 Å². The Hall–Kier alpha value is -1.14. The van der Waals surface area contributed by atoms with Gasteiger partial charge in [-0.15, -0.1) is 0 Å². The Balaban J connectivity index is 1.65. The van der Waals surface area contributed by atoms with E-state index in [2.05, 4.69) is 24.5 Å². The van der Waals surface area contributed by atoms with E-state index in [1.165, 1.54) is 0 Å². The van der Waals surface area contributed by atoms with E-state index >= 15 is 0 Å². The lowest BCUT2D eigenvalue weighted by Crippen LogP contribution is -2.58. The molecule has 0 bridgehead atoms. The lowest BCUT2D eigenvalue weighted by Gasteiger charge is -2.36. The van der Waals surface area contributed by atoms with Crippen molar-refractivity contribution in [2.24, 2.45) is 28.9 Å². The zero-order valence-corrected chi connectivity index (χ0v) is 12.6. The van der Waals surface area contributed by atoms with E-state index < -0.39 is 18.1 Å². The minimum absolute atomic E-state index is 0.106. The van der Waals surface area contributed by atoms with Gasteiger partial charge in [-0.05, 0) is 42.6 Å². The molecule has 2 saturated carbocycles. The van der Waals surface area contributed by atoms with Gasteiger partial charge < -0.3 is 21.5 Å². The number of hydrogen-bond acceptors (Lipinski definition) is 4. The molecule has 5 atom stereocenters. The van der Waals surface area contributed by atoms with Gasteiger partial charge in [0.15, 0.2) is 6.10 Å². The third-order valence-electron chi connectivity index (χ3n) is 5.94. The average Bonchev–Trinajstić information content (AvgIpc) is 2.76. The summed E-state index contributed by atoms with van der Waals surface area (Å²) in [5.74, 6) is 0.184. The highest BCUT2D eigenvalue weighted by atomic mass is 16.3. The first kappa shape index (κ1) is 14.8. The Morgan fingerprint density at radius 3 is 2.48 bits per heavy atom. The number of nitrogens with one attached hydrogen (secondary N) is 2. The highest BCUT2D eigenvalue weighted by Gasteiger charge is 2.65. The van der Waals surface area contributed by atoms with E-state index in [-0.39, 0.29) is 23.3 Å². The van der Waals surface area contributed by atoms with E-state index in [1.54, 1.807) is 0 Å². The fourth-order valence-corrected chi connectivity index (χ4v) is 4.16. The second kappa shape index (κ2) is 4.95. The number of fused-ring (bicyclic) bond motifs is 1. The standard InChI is InChI=1S/C15H25N3O3/c1-15(2)8-6-17-11(9(8)15)14(21)18-10(7-4-3-5-7)12(19)13(16)20/h7-12,17,19H,3-6H2,1-2H3,(H2,16,20)(H,18,21). The molecule has 3 aliphatic rings. The van der Waals surface area contributed by atoms with Gasteiger partial charge >= 0.3 is 0 Å². The van der Waals surface area contributed by atoms with Crippen molar-refractivity contribution in [1.29, 1.82) is 0 Å². The molecule has 1 aliphatic heterocycles. The van der Waals surface area contributed by atoms with Gasteiger partial charge in [0, 0.05) is 0 Å². The molecule has 0 aromatic heterocycles. The van der Waals surface area contributed by atoms with Crippen LogP contribution in [0.1, 0.15) is 33.1 Å². The summed E-state index contributed by atoms with van der Waals surface area (Å²) < 4.78 is 0. The Morgan fingerprint density at radius 1 is 1.38 bits per heavy atom. The first-order valence-corrected chi connectivity index (χ1v) is 7.85. The molecule has 0 spiro atoms. The van der Waals surface area contributed by atoms with Crippen LogP contribution in [0.4, 0.5) is 0 Å². The fraction of sp³-hybridized carbons (Fsp3) is 0.867. The van der Waals surface area contributed by atoms with Crippen LogP contribution in [0.25, 0.3) is 0 Å². The highest BCUT2D eigenvalue weighted by Crippen LogP contribution is 2.62. The SMILES string of the molecule is CC1(C)C2CNC(C(=O)NC(C3CCC3)C(O)C(N)=O)C21. The van der Waals surface area contributed by atoms with Gasteiger partial charge in [-0.2, -0.15) is 0 Å². The molecule has 1 saturated heterocycles. The molecule has 2 aliphatic carbocycles. The van der Waals surface area contributed by atoms with Crippen molar-refractivity contribution in [1.82, 2.24) is 10.6 Å². The van der Waals surface area contributed by atoms with Gasteiger partial charge in [-0.1, -0.05) is 20.3 Å². The van der Waals surface area contributed by atoms with E-state index in [4.69, 9.17) is 5.73 Å². The predicted molar refractivity (Wildman–Crippen MR) is 77.0 cm³/mol. The summed E-state index contributed by atoms with van der Waals surface area (Å²) in [5, 5.41) is 16.1. The average molecular weight is 295 g/mol. The molecule has 0 aromatic rings. The number of aliphatic hydroxyl groups is 1. The number of amides is 2. The van der Waals surface area contributed by atoms with Crippen LogP contribution in [-0.4, -0.2) is 41.7 Å². The summed E-state index contributed by atoms with van der Waals surface area (Å²) in [6.07, 6.45) is 1.61. The van der Waals surface area contributed by atoms with Crippen molar-refractivity contribution in [3.8, 4) is 0 Å². The lowest BCUT2D eigenvalue weighted by atomic mass is 9.77. The smallest absolute Gasteiger partial charge is 0.248 e. The molecule has 6 nitrogen and oxygen atoms in total. The zero-order chi connectivity index (χ0) is 15.4. The Kier molecular flexibility index (Phi) is 3.48. The third kappa shape index (κ3) is 2.34. The molecule has 21 heavy (non-hydrogen) atoms. The van der Waals surface area contributed by atoms with Crippen molar-refractivity contribution in [2.75, 3.05) is 6.54 Å². The summed E-state index contributed by atoms with van der Waals surface area (Å²) in [6, 6.07) is -0.765. The van der Waals surface area contributed by atoms with Crippen molar-refractivity contribution in [3.05, 3.63) is 0 Å². The van der Waals surface area contributed by atoms with E-state index in [9.17, 15) is 14.7 Å². The molecule has 6 heteroatoms. The fourth-order valence-electron chi connectivity index (χ4n) is 4.16. The van der Waals surface area contributed by atoms with Crippen LogP contribution < -0.4 is 16.4 Å². The topological polar surface area (TPSA) is 104 Å². The van der Waals surface area contributed by atoms with E-state index in [1.807, 2.05) is 0 Å². The molecular weight excluding hydrogens is 270 g/mol. The van der Waals surface area contributed by atoms with Crippen LogP contribution in [0.2, 0.25) is 0 Å². The minimum Gasteiger partial charge on any atom is -0.381 e. The maximum Gasteiger partial charge on any atom is 0.248 e. The molecule has 5 unspecified atom stereocenters. The largest absolute Gasteiger partial charge is 0.381 e. The summed E-state index contributed by atoms with van der Waals surface area (Å²) in [7, 11) is 0. The number of aliphatic hydroxyl groups excluding tert-OH is 1. The second-order valence-corrected chi connectivity index (χ2v) is 7.41. The normalized spacial score (nSPS) is 36.2. The number of carbonyl (C=O) groups is 2. The summed E-state index contributed by atoms with van der Waals surface area (Å²) >= 11 is 0. The molecule has 1 heterocycles. The maximum absolute atomic E-state index is 12.5. The van der Waals surface area contributed by atoms with Crippen molar-refractivity contribution in [2.45, 2.75) is 51.3 Å². The van der Waals surface area contributed by atoms with Crippen LogP contribution in [0.15, 0.2) is 0 Å². The molecule has 0 aromatic carbocycles. The number of piperidine rings is 1. The predicted octanol–water partition coefficient (Wildman–Crippen LogP) is -0.638. The highest BCUT2D eigenvalue weighted by molar-refractivity contribution is 5.85. The number of rotatable bonds is 5. The van der Waals surface area contributed by atoms with Gasteiger partial charge in [-0.25, -0.2) is 0 Å². The molecule has 2 amide bonds. The maximum atomic E-state index is 12.5. The van der Waals surface area contributed by atoms with E-state index in [0.717, 1.165) is 25.8 Å². The second-order valence-electron chi connectivity index (χ2n) is 7.41. The number of hydrogen-bond donors (Lipinski definition) is 4. The van der Waals surface area contributed by atoms with Gasteiger partial charge in [0.25, 0.3) is 0 Å². The van der Waals surface area contributed by atoms with Gasteiger partial charge in [0.05, 0.1) is 12.1 Å². The van der Waals surface area contributed by atoms with Crippen LogP contribution in [0.3, 0.4) is 0 Å². The van der Waals surface area contributed by atoms with Crippen molar-refractivity contribution in [3.63, 3.8) is 0 Å². The van der Waals surface area contributed by atoms with Crippen LogP contribution in [0.5, 0.6) is 0 Å². The lowest BCUT2D eigenvalue weighted by molar-refractivity contribution is -0.132.